The van der Waals surface area contributed by atoms with Crippen molar-refractivity contribution in [2.75, 3.05) is 17.6 Å². The molecule has 3 N–H and O–H groups in total. The van der Waals surface area contributed by atoms with Gasteiger partial charge >= 0.3 is 0 Å². The molecule has 7 heteroatoms. The summed E-state index contributed by atoms with van der Waals surface area (Å²) >= 11 is 6.67. The molecule has 0 aliphatic rings. The highest BCUT2D eigenvalue weighted by Gasteiger charge is 2.09. The number of aromatic nitrogens is 3. The highest BCUT2D eigenvalue weighted by Crippen LogP contribution is 2.26. The number of nitrogens with two attached hydrogens (primary N) is 1. The molecule has 0 bridgehead atoms. The van der Waals surface area contributed by atoms with Crippen LogP contribution in [-0.4, -0.2) is 21.5 Å². The van der Waals surface area contributed by atoms with Crippen molar-refractivity contribution in [3.63, 3.8) is 0 Å². The Bertz CT molecular complexity index is 533. The Kier molecular flexibility index (Phi) is 5.09. The molecule has 0 fully saturated rings. The molecule has 0 aliphatic heterocycles. The first kappa shape index (κ1) is 14.2. The van der Waals surface area contributed by atoms with Gasteiger partial charge in [-0.25, -0.2) is 0 Å². The lowest BCUT2D eigenvalue weighted by molar-refractivity contribution is 0.935. The number of hydrogen-bond acceptors (Lipinski definition) is 5. The summed E-state index contributed by atoms with van der Waals surface area (Å²) in [4.78, 5) is 12.3. The van der Waals surface area contributed by atoms with Crippen molar-refractivity contribution in [2.45, 2.75) is 10.2 Å². The summed E-state index contributed by atoms with van der Waals surface area (Å²) < 4.78 is -0.139. The number of rotatable bonds is 5. The van der Waals surface area contributed by atoms with Crippen molar-refractivity contribution >= 4 is 43.8 Å². The van der Waals surface area contributed by atoms with Gasteiger partial charge in [-0.1, -0.05) is 62.2 Å². The maximum Gasteiger partial charge on any atom is 0.227 e. The van der Waals surface area contributed by atoms with Crippen LogP contribution >= 0.6 is 31.9 Å². The Morgan fingerprint density at radius 2 is 1.84 bits per heavy atom. The minimum Gasteiger partial charge on any atom is -0.368 e. The largest absolute Gasteiger partial charge is 0.368 e. The third-order valence-corrected chi connectivity index (χ3v) is 3.22. The lowest BCUT2D eigenvalue weighted by Crippen LogP contribution is -2.11. The molecule has 0 saturated heterocycles. The number of alkyl halides is 2. The van der Waals surface area contributed by atoms with Gasteiger partial charge in [-0.05, 0) is 12.0 Å². The van der Waals surface area contributed by atoms with Gasteiger partial charge in [0.1, 0.15) is 3.74 Å². The molecule has 2 rings (SSSR count). The molecule has 1 aromatic heterocycles. The Balaban J connectivity index is 1.96. The fraction of sp³-hybridized carbons (Fsp3) is 0.250. The predicted molar refractivity (Wildman–Crippen MR) is 83.5 cm³/mol. The number of nitrogens with zero attached hydrogens (tertiary/aromatic N) is 3. The van der Waals surface area contributed by atoms with Crippen molar-refractivity contribution < 1.29 is 0 Å². The number of hydrogen-bond donors (Lipinski definition) is 2. The van der Waals surface area contributed by atoms with Gasteiger partial charge in [0.25, 0.3) is 0 Å². The van der Waals surface area contributed by atoms with E-state index >= 15 is 0 Å². The Morgan fingerprint density at radius 3 is 2.53 bits per heavy atom. The highest BCUT2D eigenvalue weighted by atomic mass is 79.9. The molecule has 0 aliphatic carbocycles. The predicted octanol–water partition coefficient (Wildman–Crippen LogP) is 2.90. The molecule has 100 valence electrons. The van der Waals surface area contributed by atoms with E-state index in [2.05, 4.69) is 64.3 Å². The van der Waals surface area contributed by atoms with Crippen LogP contribution in [0.25, 0.3) is 0 Å². The second-order valence-electron chi connectivity index (χ2n) is 3.84. The number of benzene rings is 1. The van der Waals surface area contributed by atoms with Crippen LogP contribution in [0.4, 0.5) is 11.9 Å². The Labute approximate surface area is 128 Å². The van der Waals surface area contributed by atoms with Gasteiger partial charge in [0.15, 0.2) is 5.82 Å². The van der Waals surface area contributed by atoms with Gasteiger partial charge in [0.05, 0.1) is 0 Å². The number of halogens is 2. The lowest BCUT2D eigenvalue weighted by Gasteiger charge is -2.07. The Morgan fingerprint density at radius 1 is 1.11 bits per heavy atom. The van der Waals surface area contributed by atoms with Crippen LogP contribution in [0.2, 0.25) is 0 Å². The second-order valence-corrected chi connectivity index (χ2v) is 6.90. The van der Waals surface area contributed by atoms with E-state index in [-0.39, 0.29) is 9.68 Å². The normalized spacial score (nSPS) is 10.7. The third-order valence-electron chi connectivity index (χ3n) is 2.40. The summed E-state index contributed by atoms with van der Waals surface area (Å²) in [5.41, 5.74) is 6.90. The first-order valence-electron chi connectivity index (χ1n) is 5.72. The molecule has 0 amide bonds. The molecule has 0 saturated carbocycles. The maximum atomic E-state index is 5.64. The zero-order valence-corrected chi connectivity index (χ0v) is 13.2. The van der Waals surface area contributed by atoms with E-state index in [1.165, 1.54) is 5.56 Å². The van der Waals surface area contributed by atoms with Gasteiger partial charge in [0.2, 0.25) is 11.9 Å². The monoisotopic (exact) mass is 385 g/mol. The fourth-order valence-electron chi connectivity index (χ4n) is 1.55. The standard InChI is InChI=1S/C12H13Br2N5/c13-9(14)10-17-11(15)19-12(18-10)16-7-6-8-4-2-1-3-5-8/h1-5,9H,6-7H2,(H3,15,16,17,18,19). The second kappa shape index (κ2) is 6.81. The number of nitrogen functional groups attached to an aromatic ring is 1. The van der Waals surface area contributed by atoms with E-state index in [9.17, 15) is 0 Å². The van der Waals surface area contributed by atoms with E-state index < -0.39 is 0 Å². The van der Waals surface area contributed by atoms with Crippen molar-refractivity contribution in [3.8, 4) is 0 Å². The van der Waals surface area contributed by atoms with Crippen molar-refractivity contribution in [2.24, 2.45) is 0 Å². The summed E-state index contributed by atoms with van der Waals surface area (Å²) in [5.74, 6) is 1.24. The first-order chi connectivity index (χ1) is 9.15. The van der Waals surface area contributed by atoms with Gasteiger partial charge in [-0.2, -0.15) is 15.0 Å². The average Bonchev–Trinajstić information content (AvgIpc) is 2.39. The van der Waals surface area contributed by atoms with Crippen LogP contribution in [-0.2, 0) is 6.42 Å². The smallest absolute Gasteiger partial charge is 0.227 e. The van der Waals surface area contributed by atoms with Crippen LogP contribution < -0.4 is 11.1 Å². The van der Waals surface area contributed by atoms with Crippen molar-refractivity contribution in [1.29, 1.82) is 0 Å². The summed E-state index contributed by atoms with van der Waals surface area (Å²) in [6.07, 6.45) is 0.897. The van der Waals surface area contributed by atoms with Crippen LogP contribution in [0.1, 0.15) is 15.1 Å². The van der Waals surface area contributed by atoms with E-state index in [1.54, 1.807) is 0 Å². The van der Waals surface area contributed by atoms with E-state index in [0.717, 1.165) is 13.0 Å². The maximum absolute atomic E-state index is 5.64. The summed E-state index contributed by atoms with van der Waals surface area (Å²) in [6, 6.07) is 10.2. The summed E-state index contributed by atoms with van der Waals surface area (Å²) in [6.45, 7) is 0.738. The van der Waals surface area contributed by atoms with Gasteiger partial charge in [0, 0.05) is 6.54 Å². The van der Waals surface area contributed by atoms with Gasteiger partial charge < -0.3 is 11.1 Å². The number of nitrogens with one attached hydrogen (secondary N) is 1. The topological polar surface area (TPSA) is 76.7 Å². The summed E-state index contributed by atoms with van der Waals surface area (Å²) in [7, 11) is 0. The molecule has 19 heavy (non-hydrogen) atoms. The highest BCUT2D eigenvalue weighted by molar-refractivity contribution is 9.24. The number of anilines is 2. The minimum absolute atomic E-state index is 0.139. The Hall–Kier alpha value is -1.21. The van der Waals surface area contributed by atoms with Crippen molar-refractivity contribution in [3.05, 3.63) is 41.7 Å². The van der Waals surface area contributed by atoms with Crippen LogP contribution in [0.15, 0.2) is 30.3 Å². The molecule has 0 unspecified atom stereocenters. The fourth-order valence-corrected chi connectivity index (χ4v) is 1.96. The molecule has 2 aromatic rings. The molecular weight excluding hydrogens is 374 g/mol. The quantitative estimate of drug-likeness (QED) is 0.772. The molecule has 5 nitrogen and oxygen atoms in total. The van der Waals surface area contributed by atoms with Crippen LogP contribution in [0.3, 0.4) is 0 Å². The minimum atomic E-state index is -0.139. The van der Waals surface area contributed by atoms with Crippen LogP contribution in [0, 0.1) is 0 Å². The third kappa shape index (κ3) is 4.43. The molecule has 0 radical (unpaired) electrons. The molecule has 0 spiro atoms. The van der Waals surface area contributed by atoms with E-state index in [0.29, 0.717) is 11.8 Å². The molecule has 1 heterocycles. The van der Waals surface area contributed by atoms with Crippen LogP contribution in [0.5, 0.6) is 0 Å². The van der Waals surface area contributed by atoms with Gasteiger partial charge in [-0.3, -0.25) is 0 Å². The first-order valence-corrected chi connectivity index (χ1v) is 7.55. The SMILES string of the molecule is Nc1nc(NCCc2ccccc2)nc(C(Br)Br)n1. The van der Waals surface area contributed by atoms with E-state index in [1.807, 2.05) is 18.2 Å². The molecular formula is C12H13Br2N5. The lowest BCUT2D eigenvalue weighted by atomic mass is 10.1. The summed E-state index contributed by atoms with van der Waals surface area (Å²) in [5, 5.41) is 3.15. The molecule has 1 aromatic carbocycles. The zero-order valence-electron chi connectivity index (χ0n) is 10.1. The zero-order chi connectivity index (χ0) is 13.7. The van der Waals surface area contributed by atoms with Gasteiger partial charge in [-0.15, -0.1) is 0 Å². The average molecular weight is 387 g/mol. The van der Waals surface area contributed by atoms with Crippen molar-refractivity contribution in [1.82, 2.24) is 15.0 Å². The van der Waals surface area contributed by atoms with E-state index in [4.69, 9.17) is 5.73 Å². The molecule has 0 atom stereocenters.